The highest BCUT2D eigenvalue weighted by atomic mass is 79.9. The van der Waals surface area contributed by atoms with Crippen molar-refractivity contribution in [1.82, 2.24) is 0 Å². The predicted molar refractivity (Wildman–Crippen MR) is 58.9 cm³/mol. The average molecular weight is 261 g/mol. The molecular formula is C11H14BrFO. The number of aryl methyl sites for hydroxylation is 1. The van der Waals surface area contributed by atoms with Crippen LogP contribution in [0.15, 0.2) is 16.6 Å². The van der Waals surface area contributed by atoms with Gasteiger partial charge in [0.25, 0.3) is 0 Å². The molecule has 0 aliphatic rings. The van der Waals surface area contributed by atoms with E-state index in [1.54, 1.807) is 6.07 Å². The van der Waals surface area contributed by atoms with Crippen LogP contribution in [0.5, 0.6) is 0 Å². The van der Waals surface area contributed by atoms with Crippen molar-refractivity contribution in [2.45, 2.75) is 26.2 Å². The molecule has 0 radical (unpaired) electrons. The molecule has 1 rings (SSSR count). The Kier molecular flexibility index (Phi) is 3.32. The van der Waals surface area contributed by atoms with Crippen LogP contribution < -0.4 is 0 Å². The van der Waals surface area contributed by atoms with E-state index in [2.05, 4.69) is 15.9 Å². The zero-order valence-corrected chi connectivity index (χ0v) is 10.2. The lowest BCUT2D eigenvalue weighted by Gasteiger charge is -2.24. The first-order valence-electron chi connectivity index (χ1n) is 4.45. The van der Waals surface area contributed by atoms with Crippen LogP contribution in [0.4, 0.5) is 4.39 Å². The van der Waals surface area contributed by atoms with Gasteiger partial charge in [-0.15, -0.1) is 0 Å². The van der Waals surface area contributed by atoms with E-state index in [0.717, 1.165) is 11.1 Å². The summed E-state index contributed by atoms with van der Waals surface area (Å²) >= 11 is 3.15. The van der Waals surface area contributed by atoms with Gasteiger partial charge in [0.2, 0.25) is 0 Å². The third kappa shape index (κ3) is 2.15. The summed E-state index contributed by atoms with van der Waals surface area (Å²) in [4.78, 5) is 0. The van der Waals surface area contributed by atoms with Crippen LogP contribution >= 0.6 is 15.9 Å². The van der Waals surface area contributed by atoms with Gasteiger partial charge < -0.3 is 5.11 Å². The second kappa shape index (κ2) is 3.99. The van der Waals surface area contributed by atoms with E-state index in [0.29, 0.717) is 4.47 Å². The summed E-state index contributed by atoms with van der Waals surface area (Å²) in [6, 6.07) is 3.22. The molecule has 0 saturated carbocycles. The van der Waals surface area contributed by atoms with Crippen LogP contribution in [0.2, 0.25) is 0 Å². The van der Waals surface area contributed by atoms with E-state index in [4.69, 9.17) is 0 Å². The summed E-state index contributed by atoms with van der Waals surface area (Å²) in [6.45, 7) is 5.76. The maximum absolute atomic E-state index is 13.1. The van der Waals surface area contributed by atoms with Crippen molar-refractivity contribution in [1.29, 1.82) is 0 Å². The first-order valence-corrected chi connectivity index (χ1v) is 5.25. The second-order valence-electron chi connectivity index (χ2n) is 4.12. The fourth-order valence-corrected chi connectivity index (χ4v) is 1.80. The number of hydrogen-bond donors (Lipinski definition) is 1. The molecule has 0 atom stereocenters. The van der Waals surface area contributed by atoms with Gasteiger partial charge >= 0.3 is 0 Å². The lowest BCUT2D eigenvalue weighted by molar-refractivity contribution is 0.218. The Morgan fingerprint density at radius 1 is 1.43 bits per heavy atom. The van der Waals surface area contributed by atoms with E-state index in [-0.39, 0.29) is 17.8 Å². The maximum Gasteiger partial charge on any atom is 0.137 e. The summed E-state index contributed by atoms with van der Waals surface area (Å²) < 4.78 is 13.6. The molecule has 0 bridgehead atoms. The van der Waals surface area contributed by atoms with E-state index in [1.807, 2.05) is 20.8 Å². The Hall–Kier alpha value is -0.410. The van der Waals surface area contributed by atoms with Gasteiger partial charge in [-0.1, -0.05) is 13.8 Å². The molecule has 1 aromatic carbocycles. The molecule has 0 saturated heterocycles. The molecule has 0 spiro atoms. The third-order valence-corrected chi connectivity index (χ3v) is 3.00. The van der Waals surface area contributed by atoms with Gasteiger partial charge in [-0.2, -0.15) is 0 Å². The Bertz CT molecular complexity index is 347. The van der Waals surface area contributed by atoms with Gasteiger partial charge in [0.15, 0.2) is 0 Å². The highest BCUT2D eigenvalue weighted by Gasteiger charge is 2.22. The van der Waals surface area contributed by atoms with Gasteiger partial charge in [0.05, 0.1) is 11.1 Å². The monoisotopic (exact) mass is 260 g/mol. The largest absolute Gasteiger partial charge is 0.395 e. The van der Waals surface area contributed by atoms with Crippen LogP contribution in [-0.4, -0.2) is 11.7 Å². The minimum absolute atomic E-state index is 0.0475. The number of rotatable bonds is 2. The molecule has 1 N–H and O–H groups in total. The fraction of sp³-hybridized carbons (Fsp3) is 0.455. The molecular weight excluding hydrogens is 247 g/mol. The normalized spacial score (nSPS) is 11.9. The van der Waals surface area contributed by atoms with E-state index >= 15 is 0 Å². The molecule has 0 aliphatic heterocycles. The molecule has 3 heteroatoms. The van der Waals surface area contributed by atoms with Gasteiger partial charge in [-0.05, 0) is 46.1 Å². The van der Waals surface area contributed by atoms with Crippen molar-refractivity contribution >= 4 is 15.9 Å². The van der Waals surface area contributed by atoms with Crippen molar-refractivity contribution in [2.75, 3.05) is 6.61 Å². The Labute approximate surface area is 92.1 Å². The summed E-state index contributed by atoms with van der Waals surface area (Å²) in [6.07, 6.45) is 0. The second-order valence-corrected chi connectivity index (χ2v) is 4.98. The highest BCUT2D eigenvalue weighted by molar-refractivity contribution is 9.10. The molecule has 0 aromatic heterocycles. The number of hydrogen-bond acceptors (Lipinski definition) is 1. The number of aliphatic hydroxyl groups is 1. The summed E-state index contributed by atoms with van der Waals surface area (Å²) in [5.74, 6) is -0.264. The van der Waals surface area contributed by atoms with Crippen LogP contribution in [0, 0.1) is 12.7 Å². The molecule has 0 aliphatic carbocycles. The SMILES string of the molecule is Cc1cc(F)c(Br)cc1C(C)(C)CO. The number of benzene rings is 1. The molecule has 0 fully saturated rings. The van der Waals surface area contributed by atoms with Crippen LogP contribution in [0.25, 0.3) is 0 Å². The lowest BCUT2D eigenvalue weighted by Crippen LogP contribution is -2.23. The molecule has 1 nitrogen and oxygen atoms in total. The van der Waals surface area contributed by atoms with Crippen LogP contribution in [-0.2, 0) is 5.41 Å². The minimum atomic E-state index is -0.333. The van der Waals surface area contributed by atoms with E-state index in [9.17, 15) is 9.50 Å². The van der Waals surface area contributed by atoms with Crippen LogP contribution in [0.3, 0.4) is 0 Å². The van der Waals surface area contributed by atoms with Crippen molar-refractivity contribution < 1.29 is 9.50 Å². The molecule has 78 valence electrons. The smallest absolute Gasteiger partial charge is 0.137 e. The van der Waals surface area contributed by atoms with Crippen molar-refractivity contribution in [2.24, 2.45) is 0 Å². The topological polar surface area (TPSA) is 20.2 Å². The van der Waals surface area contributed by atoms with Gasteiger partial charge in [0, 0.05) is 5.41 Å². The molecule has 14 heavy (non-hydrogen) atoms. The van der Waals surface area contributed by atoms with Crippen LogP contribution in [0.1, 0.15) is 25.0 Å². The molecule has 0 amide bonds. The quantitative estimate of drug-likeness (QED) is 0.866. The van der Waals surface area contributed by atoms with Gasteiger partial charge in [0.1, 0.15) is 5.82 Å². The third-order valence-electron chi connectivity index (χ3n) is 2.39. The zero-order chi connectivity index (χ0) is 10.9. The van der Waals surface area contributed by atoms with Crippen molar-refractivity contribution in [3.8, 4) is 0 Å². The molecule has 0 unspecified atom stereocenters. The van der Waals surface area contributed by atoms with E-state index < -0.39 is 0 Å². The maximum atomic E-state index is 13.1. The standard InChI is InChI=1S/C11H14BrFO/c1-7-4-10(13)9(12)5-8(7)11(2,3)6-14/h4-5,14H,6H2,1-3H3. The summed E-state index contributed by atoms with van der Waals surface area (Å²) in [7, 11) is 0. The highest BCUT2D eigenvalue weighted by Crippen LogP contribution is 2.29. The zero-order valence-electron chi connectivity index (χ0n) is 8.56. The Morgan fingerprint density at radius 3 is 2.50 bits per heavy atom. The Balaban J connectivity index is 3.29. The molecule has 1 aromatic rings. The van der Waals surface area contributed by atoms with Crippen molar-refractivity contribution in [3.05, 3.63) is 33.5 Å². The Morgan fingerprint density at radius 2 is 2.00 bits per heavy atom. The average Bonchev–Trinajstić information content (AvgIpc) is 2.11. The number of halogens is 2. The fourth-order valence-electron chi connectivity index (χ4n) is 1.46. The van der Waals surface area contributed by atoms with Gasteiger partial charge in [-0.25, -0.2) is 4.39 Å². The minimum Gasteiger partial charge on any atom is -0.395 e. The molecule has 0 heterocycles. The first-order chi connectivity index (χ1) is 6.38. The predicted octanol–water partition coefficient (Wildman–Crippen LogP) is 3.17. The lowest BCUT2D eigenvalue weighted by atomic mass is 9.83. The van der Waals surface area contributed by atoms with Gasteiger partial charge in [-0.3, -0.25) is 0 Å². The summed E-state index contributed by atoms with van der Waals surface area (Å²) in [5, 5.41) is 9.22. The summed E-state index contributed by atoms with van der Waals surface area (Å²) in [5.41, 5.74) is 1.50. The first kappa shape index (κ1) is 11.7. The van der Waals surface area contributed by atoms with E-state index in [1.165, 1.54) is 6.07 Å². The number of aliphatic hydroxyl groups excluding tert-OH is 1. The van der Waals surface area contributed by atoms with Crippen molar-refractivity contribution in [3.63, 3.8) is 0 Å².